The van der Waals surface area contributed by atoms with E-state index in [-0.39, 0.29) is 30.8 Å². The Morgan fingerprint density at radius 2 is 1.61 bits per heavy atom. The first-order chi connectivity index (χ1) is 29.2. The Bertz CT molecular complexity index is 2160. The van der Waals surface area contributed by atoms with E-state index >= 15 is 0 Å². The van der Waals surface area contributed by atoms with Crippen molar-refractivity contribution < 1.29 is 19.7 Å². The Morgan fingerprint density at radius 3 is 2.28 bits per heavy atom. The van der Waals surface area contributed by atoms with Crippen molar-refractivity contribution in [3.63, 3.8) is 0 Å². The number of aliphatic hydroxyl groups excluding tert-OH is 2. The largest absolute Gasteiger partial charge is 0.511 e. The van der Waals surface area contributed by atoms with Gasteiger partial charge in [0.05, 0.1) is 40.8 Å². The van der Waals surface area contributed by atoms with E-state index in [0.717, 1.165) is 110 Å². The van der Waals surface area contributed by atoms with Gasteiger partial charge in [-0.15, -0.1) is 0 Å². The van der Waals surface area contributed by atoms with Crippen LogP contribution in [0.5, 0.6) is 0 Å². The van der Waals surface area contributed by atoms with Crippen molar-refractivity contribution in [1.29, 1.82) is 0 Å². The van der Waals surface area contributed by atoms with E-state index in [1.165, 1.54) is 50.5 Å². The maximum Gasteiger partial charge on any atom is 0.306 e. The van der Waals surface area contributed by atoms with Crippen LogP contribution in [0, 0.1) is 29.6 Å². The smallest absolute Gasteiger partial charge is 0.306 e. The molecule has 8 nitrogen and oxygen atoms in total. The molecule has 6 aliphatic rings. The number of carbonyl (C=O) groups excluding carboxylic acids is 1. The van der Waals surface area contributed by atoms with Crippen molar-refractivity contribution in [1.82, 2.24) is 5.32 Å². The highest BCUT2D eigenvalue weighted by Crippen LogP contribution is 2.46. The molecule has 8 bridgehead atoms. The van der Waals surface area contributed by atoms with Gasteiger partial charge in [0.25, 0.3) is 0 Å². The van der Waals surface area contributed by atoms with E-state index in [1.807, 2.05) is 25.2 Å². The number of carbonyl (C=O) groups is 1. The van der Waals surface area contributed by atoms with Crippen LogP contribution in [-0.4, -0.2) is 46.5 Å². The lowest BCUT2D eigenvalue weighted by atomic mass is 9.86. The molecule has 1 saturated heterocycles. The molecule has 1 aliphatic carbocycles. The summed E-state index contributed by atoms with van der Waals surface area (Å²) in [4.78, 5) is 28.6. The second-order valence-electron chi connectivity index (χ2n) is 18.9. The molecule has 0 aromatic heterocycles. The number of fused-ring (bicyclic) bond motifs is 5. The maximum atomic E-state index is 13.3. The first-order valence-corrected chi connectivity index (χ1v) is 23.3. The minimum atomic E-state index is -0.205. The number of allylic oxidation sites excluding steroid dienone is 12. The molecule has 3 N–H and O–H groups in total. The zero-order valence-corrected chi connectivity index (χ0v) is 38.6. The minimum absolute atomic E-state index is 0.0297. The maximum absolute atomic E-state index is 13.3. The fourth-order valence-electron chi connectivity index (χ4n) is 9.86. The lowest BCUT2D eigenvalue weighted by molar-refractivity contribution is -0.142. The molecule has 0 spiro atoms. The van der Waals surface area contributed by atoms with Gasteiger partial charge in [-0.2, -0.15) is 0 Å². The molecule has 8 heteroatoms. The fourth-order valence-corrected chi connectivity index (χ4v) is 9.86. The molecule has 5 aliphatic heterocycles. The number of esters is 1. The number of aliphatic hydroxyl groups is 2. The molecule has 0 amide bonds. The standard InChI is InChI=1S/C53H72N4O4/c1-11-38-35(8)43-27-44-36(9)40(22-23-50(60)61-25-24-34(7)21-15-20-33(6)19-14-18-32(5)17-13-16-31(3)4)52(56-44)41-26-49(59)51-37(10)45(57-53(41)51)28-47-39(12-2)42(30-58)48(55-47)29-46(38)54-43/h11,24,27-29,31-33,36,40,56,58-59H,1,12-23,25-26,30H2,2-10H3/b34-24+,44-27?,46-29?,47-28?,52-41?/t32-,33-,36+,40+/m1/s1. The van der Waals surface area contributed by atoms with Crippen molar-refractivity contribution in [3.8, 4) is 0 Å². The average molecular weight is 829 g/mol. The van der Waals surface area contributed by atoms with Crippen LogP contribution in [0.3, 0.4) is 0 Å². The topological polar surface area (TPSA) is 116 Å². The van der Waals surface area contributed by atoms with Crippen molar-refractivity contribution >= 4 is 23.1 Å². The third-order valence-corrected chi connectivity index (χ3v) is 13.8. The highest BCUT2D eigenvalue weighted by Gasteiger charge is 2.41. The Kier molecular flexibility index (Phi) is 15.5. The van der Waals surface area contributed by atoms with Crippen LogP contribution < -0.4 is 5.32 Å². The predicted molar refractivity (Wildman–Crippen MR) is 252 cm³/mol. The van der Waals surface area contributed by atoms with Crippen LogP contribution in [0.4, 0.5) is 0 Å². The molecule has 4 atom stereocenters. The summed E-state index contributed by atoms with van der Waals surface area (Å²) in [6.07, 6.45) is 23.3. The normalized spacial score (nSPS) is 22.2. The van der Waals surface area contributed by atoms with Crippen molar-refractivity contribution in [2.75, 3.05) is 13.2 Å². The second kappa shape index (κ2) is 20.5. The zero-order valence-electron chi connectivity index (χ0n) is 38.6. The van der Waals surface area contributed by atoms with E-state index in [4.69, 9.17) is 19.7 Å². The summed E-state index contributed by atoms with van der Waals surface area (Å²) in [6.45, 7) is 24.2. The zero-order chi connectivity index (χ0) is 44.0. The quantitative estimate of drug-likeness (QED) is 0.0835. The summed E-state index contributed by atoms with van der Waals surface area (Å²) in [6, 6.07) is 0. The van der Waals surface area contributed by atoms with Gasteiger partial charge in [0.2, 0.25) is 0 Å². The van der Waals surface area contributed by atoms with Crippen LogP contribution in [0.15, 0.2) is 131 Å². The van der Waals surface area contributed by atoms with Crippen molar-refractivity contribution in [2.45, 2.75) is 146 Å². The molecule has 0 radical (unpaired) electrons. The lowest BCUT2D eigenvalue weighted by Gasteiger charge is -2.17. The van der Waals surface area contributed by atoms with Gasteiger partial charge in [-0.3, -0.25) is 4.79 Å². The van der Waals surface area contributed by atoms with Crippen LogP contribution >= 0.6 is 0 Å². The fraction of sp³-hybridized carbons (Fsp3) is 0.547. The molecule has 61 heavy (non-hydrogen) atoms. The number of rotatable bonds is 20. The Labute approximate surface area is 366 Å². The number of hydrogen-bond donors (Lipinski definition) is 3. The lowest BCUT2D eigenvalue weighted by Crippen LogP contribution is -2.16. The number of nitrogens with zero attached hydrogens (tertiary/aromatic N) is 3. The molecule has 6 rings (SSSR count). The SMILES string of the molecule is C=CC1=C(C)C2=NC1=CC1=NC(=CC3=C(C)C4=C(O)CC(=C5NC(=C2)[C@@H](C)[C@@H]5CCC(=O)OC/C=C(\C)CCC[C@H](C)CCC[C@H](C)CCCC(C)C)C4=N3)C(CC)=C1CO. The highest BCUT2D eigenvalue weighted by atomic mass is 16.5. The van der Waals surface area contributed by atoms with Gasteiger partial charge in [-0.1, -0.05) is 105 Å². The number of nitrogens with one attached hydrogen (secondary N) is 1. The molecule has 0 saturated carbocycles. The van der Waals surface area contributed by atoms with E-state index in [9.17, 15) is 15.0 Å². The summed E-state index contributed by atoms with van der Waals surface area (Å²) in [5.74, 6) is 2.48. The van der Waals surface area contributed by atoms with Gasteiger partial charge < -0.3 is 20.3 Å². The third kappa shape index (κ3) is 10.6. The van der Waals surface area contributed by atoms with Gasteiger partial charge in [-0.25, -0.2) is 15.0 Å². The molecule has 0 aromatic rings. The average Bonchev–Trinajstić information content (AvgIpc) is 3.98. The summed E-state index contributed by atoms with van der Waals surface area (Å²) in [7, 11) is 0. The Balaban J connectivity index is 1.13. The monoisotopic (exact) mass is 829 g/mol. The minimum Gasteiger partial charge on any atom is -0.511 e. The van der Waals surface area contributed by atoms with Crippen molar-refractivity contribution in [3.05, 3.63) is 116 Å². The molecule has 1 fully saturated rings. The Hall–Kier alpha value is -4.56. The Morgan fingerprint density at radius 1 is 0.918 bits per heavy atom. The van der Waals surface area contributed by atoms with Gasteiger partial charge in [0.15, 0.2) is 0 Å². The summed E-state index contributed by atoms with van der Waals surface area (Å²) >= 11 is 0. The number of hydrogen-bond acceptors (Lipinski definition) is 8. The number of aliphatic imine (C=N–C) groups is 3. The van der Waals surface area contributed by atoms with E-state index in [2.05, 4.69) is 79.4 Å². The van der Waals surface area contributed by atoms with Crippen molar-refractivity contribution in [2.24, 2.45) is 44.6 Å². The summed E-state index contributed by atoms with van der Waals surface area (Å²) in [5.41, 5.74) is 14.1. The van der Waals surface area contributed by atoms with Crippen LogP contribution in [0.25, 0.3) is 0 Å². The van der Waals surface area contributed by atoms with Crippen LogP contribution in [0.2, 0.25) is 0 Å². The van der Waals surface area contributed by atoms with Gasteiger partial charge in [0.1, 0.15) is 12.4 Å². The molecule has 0 unspecified atom stereocenters. The first kappa shape index (κ1) is 46.0. The third-order valence-electron chi connectivity index (χ3n) is 13.8. The molecule has 0 aromatic carbocycles. The second-order valence-corrected chi connectivity index (χ2v) is 18.9. The van der Waals surface area contributed by atoms with E-state index in [1.54, 1.807) is 0 Å². The van der Waals surface area contributed by atoms with Crippen LogP contribution in [0.1, 0.15) is 146 Å². The molecule has 5 heterocycles. The summed E-state index contributed by atoms with van der Waals surface area (Å²) < 4.78 is 5.79. The first-order valence-electron chi connectivity index (χ1n) is 23.3. The predicted octanol–water partition coefficient (Wildman–Crippen LogP) is 12.5. The molecule has 328 valence electrons. The van der Waals surface area contributed by atoms with E-state index < -0.39 is 0 Å². The molecular weight excluding hydrogens is 757 g/mol. The molecular formula is C53H72N4O4. The summed E-state index contributed by atoms with van der Waals surface area (Å²) in [5, 5.41) is 25.7. The number of ether oxygens (including phenoxy) is 1. The van der Waals surface area contributed by atoms with Crippen LogP contribution in [-0.2, 0) is 9.53 Å². The van der Waals surface area contributed by atoms with Gasteiger partial charge >= 0.3 is 5.97 Å². The van der Waals surface area contributed by atoms with E-state index in [0.29, 0.717) is 37.3 Å². The van der Waals surface area contributed by atoms with Gasteiger partial charge in [0, 0.05) is 58.4 Å². The highest BCUT2D eigenvalue weighted by molar-refractivity contribution is 6.21. The van der Waals surface area contributed by atoms with Gasteiger partial charge in [-0.05, 0) is 105 Å².